The molecule has 0 aromatic rings. The van der Waals surface area contributed by atoms with Gasteiger partial charge in [-0.15, -0.1) is 0 Å². The van der Waals surface area contributed by atoms with Gasteiger partial charge in [-0.1, -0.05) is 0 Å². The molecule has 18 heteroatoms. The molecule has 0 saturated carbocycles. The summed E-state index contributed by atoms with van der Waals surface area (Å²) in [5, 5.41) is 0. The average molecular weight is 775 g/mol. The van der Waals surface area contributed by atoms with E-state index in [9.17, 15) is 0 Å². The Labute approximate surface area is 314 Å². The van der Waals surface area contributed by atoms with Crippen molar-refractivity contribution in [2.45, 2.75) is 118 Å². The van der Waals surface area contributed by atoms with Crippen LogP contribution in [0.25, 0.3) is 0 Å². The fraction of sp³-hybridized carbons (Fsp3) is 1.00. The average Bonchev–Trinajstić information content (AvgIpc) is 3.16. The number of hydrogen-bond acceptors (Lipinski definition) is 18. The van der Waals surface area contributed by atoms with Crippen LogP contribution < -0.4 is 0 Å². The molecule has 0 radical (unpaired) electrons. The summed E-state index contributed by atoms with van der Waals surface area (Å²) in [4.78, 5) is 0. The fourth-order valence-electron chi connectivity index (χ4n) is 7.53. The molecule has 0 amide bonds. The fourth-order valence-corrected chi connectivity index (χ4v) is 7.53. The molecule has 3 heterocycles. The molecule has 17 unspecified atom stereocenters. The largest absolute Gasteiger partial charge is 0.382 e. The molecule has 3 rings (SSSR count). The summed E-state index contributed by atoms with van der Waals surface area (Å²) >= 11 is 0. The highest BCUT2D eigenvalue weighted by Gasteiger charge is 2.55. The molecular weight excluding hydrogens is 708 g/mol. The zero-order valence-corrected chi connectivity index (χ0v) is 33.9. The van der Waals surface area contributed by atoms with Crippen LogP contribution in [-0.2, 0) is 85.3 Å². The summed E-state index contributed by atoms with van der Waals surface area (Å²) < 4.78 is 108. The molecule has 3 saturated heterocycles. The van der Waals surface area contributed by atoms with Crippen LogP contribution in [0.1, 0.15) is 13.8 Å². The van der Waals surface area contributed by atoms with E-state index < -0.39 is 104 Å². The highest BCUT2D eigenvalue weighted by atomic mass is 16.8. The van der Waals surface area contributed by atoms with Crippen molar-refractivity contribution in [1.29, 1.82) is 0 Å². The first-order chi connectivity index (χ1) is 25.6. The van der Waals surface area contributed by atoms with Crippen molar-refractivity contribution in [1.82, 2.24) is 0 Å². The Kier molecular flexibility index (Phi) is 20.1. The molecule has 314 valence electrons. The van der Waals surface area contributed by atoms with Gasteiger partial charge in [0.05, 0.1) is 38.6 Å². The lowest BCUT2D eigenvalue weighted by molar-refractivity contribution is -0.382. The van der Waals surface area contributed by atoms with E-state index in [1.165, 1.54) is 0 Å². The summed E-state index contributed by atoms with van der Waals surface area (Å²) in [6.45, 7) is 4.40. The number of hydrogen-bond donors (Lipinski definition) is 0. The maximum absolute atomic E-state index is 6.66. The minimum Gasteiger partial charge on any atom is -0.382 e. The minimum atomic E-state index is -1.02. The van der Waals surface area contributed by atoms with Crippen LogP contribution in [0.5, 0.6) is 0 Å². The highest BCUT2D eigenvalue weighted by molar-refractivity contribution is 4.98. The Morgan fingerprint density at radius 2 is 0.925 bits per heavy atom. The summed E-state index contributed by atoms with van der Waals surface area (Å²) in [5.74, 6) is 0. The Hall–Kier alpha value is -0.720. The molecule has 3 aliphatic rings. The molecule has 0 aliphatic carbocycles. The smallest absolute Gasteiger partial charge is 0.187 e. The molecule has 0 N–H and O–H groups in total. The van der Waals surface area contributed by atoms with E-state index in [0.29, 0.717) is 0 Å². The first-order valence-corrected chi connectivity index (χ1v) is 17.7. The maximum Gasteiger partial charge on any atom is 0.187 e. The van der Waals surface area contributed by atoms with Gasteiger partial charge in [-0.05, 0) is 13.8 Å². The Morgan fingerprint density at radius 1 is 0.472 bits per heavy atom. The Bertz CT molecular complexity index is 999. The van der Waals surface area contributed by atoms with E-state index in [0.717, 1.165) is 0 Å². The Balaban J connectivity index is 1.81. The quantitative estimate of drug-likeness (QED) is 0.140. The molecule has 3 aliphatic heterocycles. The topological polar surface area (TPSA) is 166 Å². The summed E-state index contributed by atoms with van der Waals surface area (Å²) in [7, 11) is 18.8. The van der Waals surface area contributed by atoms with Gasteiger partial charge in [-0.2, -0.15) is 0 Å². The Morgan fingerprint density at radius 3 is 1.34 bits per heavy atom. The molecule has 0 spiro atoms. The van der Waals surface area contributed by atoms with Crippen LogP contribution in [0.15, 0.2) is 0 Å². The van der Waals surface area contributed by atoms with Gasteiger partial charge in [0.1, 0.15) is 72.7 Å². The molecule has 3 fully saturated rings. The lowest BCUT2D eigenvalue weighted by Gasteiger charge is -2.50. The van der Waals surface area contributed by atoms with Gasteiger partial charge >= 0.3 is 0 Å². The van der Waals surface area contributed by atoms with E-state index in [2.05, 4.69) is 0 Å². The van der Waals surface area contributed by atoms with Crippen molar-refractivity contribution in [3.63, 3.8) is 0 Å². The maximum atomic E-state index is 6.66. The van der Waals surface area contributed by atoms with E-state index in [1.807, 2.05) is 13.8 Å². The summed E-state index contributed by atoms with van der Waals surface area (Å²) in [6, 6.07) is 0. The van der Waals surface area contributed by atoms with Crippen LogP contribution in [-0.4, -0.2) is 216 Å². The molecule has 0 bridgehead atoms. The van der Waals surface area contributed by atoms with Crippen molar-refractivity contribution in [2.75, 3.05) is 112 Å². The second-order valence-corrected chi connectivity index (χ2v) is 13.2. The number of methoxy groups -OCH3 is 12. The lowest BCUT2D eigenvalue weighted by atomic mass is 9.95. The first kappa shape index (κ1) is 46.7. The van der Waals surface area contributed by atoms with E-state index in [4.69, 9.17) is 85.3 Å². The van der Waals surface area contributed by atoms with Crippen LogP contribution in [0.3, 0.4) is 0 Å². The molecule has 0 aromatic carbocycles. The third-order valence-corrected chi connectivity index (χ3v) is 10.3. The van der Waals surface area contributed by atoms with Gasteiger partial charge < -0.3 is 85.3 Å². The van der Waals surface area contributed by atoms with E-state index in [-0.39, 0.29) is 26.4 Å². The van der Waals surface area contributed by atoms with Gasteiger partial charge in [-0.25, -0.2) is 0 Å². The SMILES string of the molecule is COCC1OC(OC2C(C)OC(OC3C(C)OC(OCC(COC)(OC)C(COC)OC)C(OC)C3OC)C(OC)C2OC)C(OC)C(OC)C1OC. The molecule has 53 heavy (non-hydrogen) atoms. The van der Waals surface area contributed by atoms with Gasteiger partial charge in [0.15, 0.2) is 18.9 Å². The van der Waals surface area contributed by atoms with Crippen LogP contribution in [0, 0.1) is 0 Å². The molecule has 18 nitrogen and oxygen atoms in total. The standard InChI is InChI=1S/C35H66O18/c1-19-23(26(41-8)29(44-11)32(49-19)48-18-35(47-14,17-38-5)22(39-6)16-37-4)52-33-30(45-12)27(42-9)24(20(2)50-33)53-34-31(46-13)28(43-10)25(40-7)21(51-34)15-36-3/h19-34H,15-18H2,1-14H3. The van der Waals surface area contributed by atoms with Crippen molar-refractivity contribution in [2.24, 2.45) is 0 Å². The zero-order chi connectivity index (χ0) is 39.3. The first-order valence-electron chi connectivity index (χ1n) is 17.7. The van der Waals surface area contributed by atoms with Crippen molar-refractivity contribution >= 4 is 0 Å². The predicted octanol–water partition coefficient (Wildman–Crippen LogP) is 0.432. The second kappa shape index (κ2) is 22.9. The van der Waals surface area contributed by atoms with E-state index >= 15 is 0 Å². The van der Waals surface area contributed by atoms with Crippen molar-refractivity contribution < 1.29 is 85.3 Å². The summed E-state index contributed by atoms with van der Waals surface area (Å²) in [6.07, 6.45) is -10.7. The molecule has 17 atom stereocenters. The lowest BCUT2D eigenvalue weighted by Crippen LogP contribution is -2.66. The van der Waals surface area contributed by atoms with Gasteiger partial charge in [0.25, 0.3) is 0 Å². The molecule has 0 aromatic heterocycles. The van der Waals surface area contributed by atoms with Gasteiger partial charge in [-0.3, -0.25) is 0 Å². The molecular formula is C35H66O18. The third-order valence-electron chi connectivity index (χ3n) is 10.3. The van der Waals surface area contributed by atoms with Gasteiger partial charge in [0.2, 0.25) is 0 Å². The van der Waals surface area contributed by atoms with Gasteiger partial charge in [0, 0.05) is 85.3 Å². The highest BCUT2D eigenvalue weighted by Crippen LogP contribution is 2.37. The van der Waals surface area contributed by atoms with Crippen molar-refractivity contribution in [3.8, 4) is 0 Å². The van der Waals surface area contributed by atoms with Crippen LogP contribution in [0.2, 0.25) is 0 Å². The monoisotopic (exact) mass is 774 g/mol. The summed E-state index contributed by atoms with van der Waals surface area (Å²) in [5.41, 5.74) is -1.02. The number of ether oxygens (including phenoxy) is 18. The third kappa shape index (κ3) is 10.6. The predicted molar refractivity (Wildman–Crippen MR) is 185 cm³/mol. The van der Waals surface area contributed by atoms with E-state index in [1.54, 1.807) is 85.3 Å². The second-order valence-electron chi connectivity index (χ2n) is 13.2. The van der Waals surface area contributed by atoms with Crippen molar-refractivity contribution in [3.05, 3.63) is 0 Å². The zero-order valence-electron chi connectivity index (χ0n) is 33.9. The van der Waals surface area contributed by atoms with Crippen LogP contribution in [0.4, 0.5) is 0 Å². The normalized spacial score (nSPS) is 39.8. The van der Waals surface area contributed by atoms with Crippen LogP contribution >= 0.6 is 0 Å². The number of rotatable bonds is 23. The minimum absolute atomic E-state index is 0.0302.